The molecule has 2 aromatic rings. The zero-order valence-electron chi connectivity index (χ0n) is 13.3. The van der Waals surface area contributed by atoms with E-state index in [4.69, 9.17) is 0 Å². The smallest absolute Gasteiger partial charge is 0.0577 e. The third-order valence-electron chi connectivity index (χ3n) is 4.17. The van der Waals surface area contributed by atoms with Crippen molar-refractivity contribution in [3.8, 4) is 0 Å². The molecule has 1 N–H and O–H groups in total. The second-order valence-corrected chi connectivity index (χ2v) is 6.37. The van der Waals surface area contributed by atoms with Gasteiger partial charge in [0.05, 0.1) is 6.04 Å². The van der Waals surface area contributed by atoms with Crippen molar-refractivity contribution in [1.29, 1.82) is 0 Å². The van der Waals surface area contributed by atoms with E-state index in [0.29, 0.717) is 0 Å². The maximum absolute atomic E-state index is 3.59. The van der Waals surface area contributed by atoms with E-state index in [9.17, 15) is 0 Å². The van der Waals surface area contributed by atoms with Gasteiger partial charge in [0, 0.05) is 4.47 Å². The summed E-state index contributed by atoms with van der Waals surface area (Å²) in [6, 6.07) is 13.6. The van der Waals surface area contributed by atoms with Crippen LogP contribution in [0.4, 0.5) is 0 Å². The molecule has 0 aliphatic carbocycles. The Hall–Kier alpha value is -1.12. The summed E-state index contributed by atoms with van der Waals surface area (Å²) in [7, 11) is 2.03. The molecule has 1 atom stereocenters. The Bertz CT molecular complexity index is 619. The molecule has 0 aliphatic heterocycles. The van der Waals surface area contributed by atoms with Crippen LogP contribution < -0.4 is 5.32 Å². The number of aryl methyl sites for hydroxylation is 3. The Kier molecular flexibility index (Phi) is 5.60. The first-order chi connectivity index (χ1) is 10.1. The van der Waals surface area contributed by atoms with Gasteiger partial charge in [-0.1, -0.05) is 54.0 Å². The van der Waals surface area contributed by atoms with Crippen molar-refractivity contribution in [2.24, 2.45) is 0 Å². The van der Waals surface area contributed by atoms with Gasteiger partial charge in [0.25, 0.3) is 0 Å². The van der Waals surface area contributed by atoms with E-state index in [0.717, 1.165) is 17.3 Å². The SMILES string of the molecule is CCc1ccc(C(NC)c2cc(Br)ccc2C)cc1CC. The van der Waals surface area contributed by atoms with Crippen molar-refractivity contribution in [1.82, 2.24) is 5.32 Å². The van der Waals surface area contributed by atoms with Crippen molar-refractivity contribution in [3.63, 3.8) is 0 Å². The Morgan fingerprint density at radius 2 is 1.71 bits per heavy atom. The highest BCUT2D eigenvalue weighted by Crippen LogP contribution is 2.29. The average molecular weight is 346 g/mol. The minimum Gasteiger partial charge on any atom is -0.309 e. The average Bonchev–Trinajstić information content (AvgIpc) is 2.51. The second kappa shape index (κ2) is 7.24. The third kappa shape index (κ3) is 3.56. The zero-order valence-corrected chi connectivity index (χ0v) is 14.9. The van der Waals surface area contributed by atoms with E-state index in [2.05, 4.69) is 78.4 Å². The first-order valence-electron chi connectivity index (χ1n) is 7.65. The van der Waals surface area contributed by atoms with E-state index in [-0.39, 0.29) is 6.04 Å². The van der Waals surface area contributed by atoms with Gasteiger partial charge in [-0.05, 0) is 66.8 Å². The Morgan fingerprint density at radius 1 is 1.00 bits per heavy atom. The Balaban J connectivity index is 2.48. The van der Waals surface area contributed by atoms with Gasteiger partial charge in [-0.25, -0.2) is 0 Å². The van der Waals surface area contributed by atoms with E-state index in [1.807, 2.05) is 7.05 Å². The van der Waals surface area contributed by atoms with Crippen LogP contribution >= 0.6 is 15.9 Å². The van der Waals surface area contributed by atoms with Gasteiger partial charge < -0.3 is 5.32 Å². The van der Waals surface area contributed by atoms with Crippen LogP contribution in [0.3, 0.4) is 0 Å². The standard InChI is InChI=1S/C19H24BrN/c1-5-14-8-9-16(11-15(14)6-2)19(21-4)18-12-17(20)10-7-13(18)3/h7-12,19,21H,5-6H2,1-4H3. The highest BCUT2D eigenvalue weighted by atomic mass is 79.9. The summed E-state index contributed by atoms with van der Waals surface area (Å²) >= 11 is 3.59. The second-order valence-electron chi connectivity index (χ2n) is 5.46. The molecule has 0 aromatic heterocycles. The number of hydrogen-bond acceptors (Lipinski definition) is 1. The highest BCUT2D eigenvalue weighted by Gasteiger charge is 2.15. The molecule has 0 spiro atoms. The van der Waals surface area contributed by atoms with Crippen molar-refractivity contribution < 1.29 is 0 Å². The fourth-order valence-electron chi connectivity index (χ4n) is 2.92. The van der Waals surface area contributed by atoms with Crippen LogP contribution in [0.25, 0.3) is 0 Å². The lowest BCUT2D eigenvalue weighted by Gasteiger charge is -2.21. The zero-order chi connectivity index (χ0) is 15.4. The molecule has 112 valence electrons. The van der Waals surface area contributed by atoms with Crippen LogP contribution in [-0.2, 0) is 12.8 Å². The van der Waals surface area contributed by atoms with Gasteiger partial charge in [0.1, 0.15) is 0 Å². The number of rotatable bonds is 5. The molecule has 2 heteroatoms. The van der Waals surface area contributed by atoms with E-state index in [1.54, 1.807) is 0 Å². The molecular formula is C19H24BrN. The molecule has 0 bridgehead atoms. The molecule has 0 saturated heterocycles. The van der Waals surface area contributed by atoms with Gasteiger partial charge in [-0.2, -0.15) is 0 Å². The Labute approximate surface area is 136 Å². The molecule has 0 heterocycles. The molecule has 0 saturated carbocycles. The number of halogens is 1. The molecular weight excluding hydrogens is 322 g/mol. The van der Waals surface area contributed by atoms with Gasteiger partial charge in [0.2, 0.25) is 0 Å². The minimum atomic E-state index is 0.235. The topological polar surface area (TPSA) is 12.0 Å². The quantitative estimate of drug-likeness (QED) is 0.785. The molecule has 0 amide bonds. The molecule has 1 unspecified atom stereocenters. The summed E-state index contributed by atoms with van der Waals surface area (Å²) in [5.74, 6) is 0. The van der Waals surface area contributed by atoms with Crippen molar-refractivity contribution in [2.45, 2.75) is 39.7 Å². The van der Waals surface area contributed by atoms with Gasteiger partial charge in [0.15, 0.2) is 0 Å². The number of benzene rings is 2. The first kappa shape index (κ1) is 16.3. The van der Waals surface area contributed by atoms with Crippen molar-refractivity contribution in [3.05, 3.63) is 68.7 Å². The van der Waals surface area contributed by atoms with Gasteiger partial charge >= 0.3 is 0 Å². The molecule has 0 radical (unpaired) electrons. The maximum Gasteiger partial charge on any atom is 0.0577 e. The van der Waals surface area contributed by atoms with Crippen LogP contribution in [0.15, 0.2) is 40.9 Å². The predicted octanol–water partition coefficient (Wildman–Crippen LogP) is 5.19. The summed E-state index contributed by atoms with van der Waals surface area (Å²) in [6.07, 6.45) is 2.19. The van der Waals surface area contributed by atoms with E-state index < -0.39 is 0 Å². The highest BCUT2D eigenvalue weighted by molar-refractivity contribution is 9.10. The normalized spacial score (nSPS) is 12.4. The molecule has 0 fully saturated rings. The molecule has 0 aliphatic rings. The lowest BCUT2D eigenvalue weighted by Crippen LogP contribution is -2.19. The van der Waals surface area contributed by atoms with E-state index in [1.165, 1.54) is 27.8 Å². The van der Waals surface area contributed by atoms with Crippen LogP contribution in [0.1, 0.15) is 47.7 Å². The molecule has 21 heavy (non-hydrogen) atoms. The third-order valence-corrected chi connectivity index (χ3v) is 4.66. The van der Waals surface area contributed by atoms with Crippen molar-refractivity contribution >= 4 is 15.9 Å². The fourth-order valence-corrected chi connectivity index (χ4v) is 3.30. The predicted molar refractivity (Wildman–Crippen MR) is 95.0 cm³/mol. The lowest BCUT2D eigenvalue weighted by molar-refractivity contribution is 0.685. The minimum absolute atomic E-state index is 0.235. The first-order valence-corrected chi connectivity index (χ1v) is 8.45. The maximum atomic E-state index is 3.59. The largest absolute Gasteiger partial charge is 0.309 e. The molecule has 2 rings (SSSR count). The summed E-state index contributed by atoms with van der Waals surface area (Å²) in [5, 5.41) is 3.47. The van der Waals surface area contributed by atoms with Crippen LogP contribution in [-0.4, -0.2) is 7.05 Å². The molecule has 1 nitrogen and oxygen atoms in total. The van der Waals surface area contributed by atoms with Gasteiger partial charge in [-0.15, -0.1) is 0 Å². The van der Waals surface area contributed by atoms with Crippen molar-refractivity contribution in [2.75, 3.05) is 7.05 Å². The molecule has 2 aromatic carbocycles. The monoisotopic (exact) mass is 345 g/mol. The summed E-state index contributed by atoms with van der Waals surface area (Å²) in [5.41, 5.74) is 6.91. The lowest BCUT2D eigenvalue weighted by atomic mass is 9.91. The summed E-state index contributed by atoms with van der Waals surface area (Å²) in [4.78, 5) is 0. The van der Waals surface area contributed by atoms with E-state index >= 15 is 0 Å². The Morgan fingerprint density at radius 3 is 2.33 bits per heavy atom. The number of nitrogens with one attached hydrogen (secondary N) is 1. The fraction of sp³-hybridized carbons (Fsp3) is 0.368. The van der Waals surface area contributed by atoms with Crippen LogP contribution in [0, 0.1) is 6.92 Å². The van der Waals surface area contributed by atoms with Crippen LogP contribution in [0.2, 0.25) is 0 Å². The number of hydrogen-bond donors (Lipinski definition) is 1. The summed E-state index contributed by atoms with van der Waals surface area (Å²) < 4.78 is 1.13. The van der Waals surface area contributed by atoms with Gasteiger partial charge in [-0.3, -0.25) is 0 Å². The van der Waals surface area contributed by atoms with Crippen LogP contribution in [0.5, 0.6) is 0 Å². The summed E-state index contributed by atoms with van der Waals surface area (Å²) in [6.45, 7) is 6.63.